The van der Waals surface area contributed by atoms with E-state index in [1.165, 1.54) is 19.2 Å². The number of aliphatic hydroxyl groups is 2. The molecule has 16 rings (SSSR count). The number of carbonyl (C=O) groups excluding carboxylic acids is 4. The molecule has 4 amide bonds. The van der Waals surface area contributed by atoms with Gasteiger partial charge >= 0.3 is 0 Å². The Morgan fingerprint density at radius 2 is 0.724 bits per heavy atom. The number of aryl methyl sites for hydroxylation is 5. The number of hydrogen-bond acceptors (Lipinski definition) is 20. The van der Waals surface area contributed by atoms with E-state index in [4.69, 9.17) is 70.8 Å². The molecule has 123 heavy (non-hydrogen) atoms. The summed E-state index contributed by atoms with van der Waals surface area (Å²) in [6.07, 6.45) is 10.9. The maximum absolute atomic E-state index is 14.8. The third-order valence-electron chi connectivity index (χ3n) is 20.4. The van der Waals surface area contributed by atoms with Gasteiger partial charge in [-0.2, -0.15) is 0 Å². The lowest BCUT2D eigenvalue weighted by Crippen LogP contribution is -2.13. The summed E-state index contributed by atoms with van der Waals surface area (Å²) in [5.41, 5.74) is 44.6. The standard InChI is InChI=1S/2C24H20ClN3O3.C24H21FN4O2.C24H22N4O2/c2*1-31-17-6-3-15(4-7-17)19-12-21(24(26)30)28-20-11-16(5-8-18(19)20)22(29)10-14-2-9-23(25)27-13-14;1-14-27-12-16(13-28-14)4-3-15-5-7-19-20(11-23(24(26)30)29-22(19)9-15)18-8-6-17(31-2)10-21(18)25;1-30-18-9-7-16(8-10-18)20-14-22(24(26)29)28-21-13-15(5-11-19(20)21)4-6-17-3-2-12-27-23(17)25/h2*2-9,11-13,22,29H,10H2,1H3,(H2,26,30);5-13H,3-4H2,1-2H3,(H2,26,30);2-3,5,7-14H,4,6H2,1H3,(H2,25,27)(H2,26,29). The number of pyridine rings is 7. The number of amides is 4. The number of carbonyl (C=O) groups is 4. The number of methoxy groups -OCH3 is 4. The zero-order chi connectivity index (χ0) is 87.0. The average Bonchev–Trinajstić information content (AvgIpc) is 0.786. The molecule has 27 heteroatoms. The fraction of sp³-hybridized carbons (Fsp3) is 0.135. The fourth-order valence-electron chi connectivity index (χ4n) is 13.9. The maximum atomic E-state index is 14.8. The van der Waals surface area contributed by atoms with Crippen LogP contribution in [0.15, 0.2) is 255 Å². The second-order valence-corrected chi connectivity index (χ2v) is 29.3. The van der Waals surface area contributed by atoms with Gasteiger partial charge in [-0.15, -0.1) is 0 Å². The molecule has 618 valence electrons. The lowest BCUT2D eigenvalue weighted by Gasteiger charge is -2.14. The first kappa shape index (κ1) is 86.1. The minimum absolute atomic E-state index is 0.0850. The molecule has 8 aromatic heterocycles. The monoisotopic (exact) mass is 1680 g/mol. The number of ether oxygens (including phenoxy) is 4. The molecule has 0 saturated carbocycles. The first-order valence-corrected chi connectivity index (χ1v) is 39.4. The number of halogens is 3. The van der Waals surface area contributed by atoms with Crippen LogP contribution >= 0.6 is 23.2 Å². The summed E-state index contributed by atoms with van der Waals surface area (Å²) in [7, 11) is 6.32. The molecule has 0 radical (unpaired) electrons. The number of nitrogens with two attached hydrogens (primary N) is 5. The highest BCUT2D eigenvalue weighted by molar-refractivity contribution is 6.29. The Balaban J connectivity index is 0.000000141. The van der Waals surface area contributed by atoms with Gasteiger partial charge in [-0.05, 0) is 231 Å². The first-order chi connectivity index (χ1) is 59.4. The van der Waals surface area contributed by atoms with E-state index in [9.17, 15) is 33.8 Å². The predicted molar refractivity (Wildman–Crippen MR) is 475 cm³/mol. The van der Waals surface area contributed by atoms with Gasteiger partial charge in [-0.25, -0.2) is 49.2 Å². The van der Waals surface area contributed by atoms with Crippen molar-refractivity contribution in [1.82, 2.24) is 44.9 Å². The molecule has 0 fully saturated rings. The van der Waals surface area contributed by atoms with Crippen molar-refractivity contribution < 1.29 is 52.7 Å². The molecular formula is C96H83Cl2FN14O10. The highest BCUT2D eigenvalue weighted by atomic mass is 35.5. The van der Waals surface area contributed by atoms with E-state index in [0.29, 0.717) is 73.5 Å². The van der Waals surface area contributed by atoms with Gasteiger partial charge in [0, 0.05) is 77.0 Å². The second-order valence-electron chi connectivity index (χ2n) is 28.6. The van der Waals surface area contributed by atoms with E-state index in [2.05, 4.69) is 50.9 Å². The van der Waals surface area contributed by atoms with Crippen molar-refractivity contribution >= 4 is 96.3 Å². The summed E-state index contributed by atoms with van der Waals surface area (Å²) in [4.78, 5) is 85.9. The van der Waals surface area contributed by atoms with E-state index in [0.717, 1.165) is 143 Å². The van der Waals surface area contributed by atoms with Crippen molar-refractivity contribution in [1.29, 1.82) is 0 Å². The number of hydrogen-bond donors (Lipinski definition) is 7. The SMILES string of the molecule is COc1ccc(-c2cc(C(N)=O)nc3cc(C(O)Cc4ccc(Cl)nc4)ccc23)cc1.COc1ccc(-c2cc(C(N)=O)nc3cc(C(O)Cc4ccc(Cl)nc4)ccc23)cc1.COc1ccc(-c2cc(C(N)=O)nc3cc(CCc4cccnc4N)ccc23)cc1.COc1ccc(-c2cc(C(N)=O)nc3cc(CCc4cnc(C)nc4)ccc23)c(F)c1. The van der Waals surface area contributed by atoms with Crippen molar-refractivity contribution in [3.63, 3.8) is 0 Å². The molecule has 0 bridgehead atoms. The topological polar surface area (TPSA) is 392 Å². The highest BCUT2D eigenvalue weighted by Crippen LogP contribution is 2.38. The van der Waals surface area contributed by atoms with Gasteiger partial charge < -0.3 is 57.8 Å². The third-order valence-corrected chi connectivity index (χ3v) is 20.9. The van der Waals surface area contributed by atoms with Crippen LogP contribution in [0.3, 0.4) is 0 Å². The van der Waals surface area contributed by atoms with Crippen LogP contribution in [0.1, 0.15) is 104 Å². The van der Waals surface area contributed by atoms with Crippen LogP contribution in [-0.4, -0.2) is 107 Å². The molecule has 8 aromatic carbocycles. The quantitative estimate of drug-likeness (QED) is 0.0276. The average molecular weight is 1680 g/mol. The Kier molecular flexibility index (Phi) is 27.6. The molecular weight excluding hydrogens is 1600 g/mol. The van der Waals surface area contributed by atoms with Crippen molar-refractivity contribution in [3.8, 4) is 67.5 Å². The molecule has 0 aliphatic rings. The zero-order valence-corrected chi connectivity index (χ0v) is 68.9. The minimum Gasteiger partial charge on any atom is -0.497 e. The number of primary amides is 4. The van der Waals surface area contributed by atoms with Crippen LogP contribution in [0.4, 0.5) is 10.2 Å². The van der Waals surface area contributed by atoms with Gasteiger partial charge in [0.1, 0.15) is 73.5 Å². The van der Waals surface area contributed by atoms with Crippen LogP contribution in [0.5, 0.6) is 23.0 Å². The first-order valence-electron chi connectivity index (χ1n) is 38.7. The normalized spacial score (nSPS) is 11.4. The highest BCUT2D eigenvalue weighted by Gasteiger charge is 2.21. The predicted octanol–water partition coefficient (Wildman–Crippen LogP) is 16.5. The number of aromatic nitrogens is 9. The number of fused-ring (bicyclic) bond motifs is 4. The van der Waals surface area contributed by atoms with Crippen molar-refractivity contribution in [3.05, 3.63) is 345 Å². The molecule has 24 nitrogen and oxygen atoms in total. The largest absolute Gasteiger partial charge is 0.497 e. The molecule has 8 heterocycles. The lowest BCUT2D eigenvalue weighted by atomic mass is 9.96. The van der Waals surface area contributed by atoms with Gasteiger partial charge in [0.2, 0.25) is 0 Å². The van der Waals surface area contributed by atoms with Gasteiger partial charge in [0.25, 0.3) is 23.6 Å². The summed E-state index contributed by atoms with van der Waals surface area (Å²) in [6.45, 7) is 1.85. The Morgan fingerprint density at radius 1 is 0.374 bits per heavy atom. The molecule has 0 aliphatic heterocycles. The Morgan fingerprint density at radius 3 is 1.10 bits per heavy atom. The van der Waals surface area contributed by atoms with E-state index in [1.807, 2.05) is 171 Å². The lowest BCUT2D eigenvalue weighted by molar-refractivity contribution is 0.0987. The number of nitrogens with zero attached hydrogens (tertiary/aromatic N) is 9. The number of nitrogen functional groups attached to an aromatic ring is 1. The molecule has 2 atom stereocenters. The molecule has 12 N–H and O–H groups in total. The number of anilines is 1. The van der Waals surface area contributed by atoms with Crippen LogP contribution in [0, 0.1) is 12.7 Å². The van der Waals surface area contributed by atoms with E-state index >= 15 is 0 Å². The summed E-state index contributed by atoms with van der Waals surface area (Å²) in [5, 5.41) is 25.6. The number of rotatable bonds is 24. The molecule has 0 aliphatic carbocycles. The fourth-order valence-corrected chi connectivity index (χ4v) is 14.1. The van der Waals surface area contributed by atoms with E-state index in [1.54, 1.807) is 94.5 Å². The van der Waals surface area contributed by atoms with E-state index in [-0.39, 0.29) is 22.8 Å². The van der Waals surface area contributed by atoms with Crippen molar-refractivity contribution in [2.45, 2.75) is 57.7 Å². The summed E-state index contributed by atoms with van der Waals surface area (Å²) < 4.78 is 35.6. The van der Waals surface area contributed by atoms with E-state index < -0.39 is 41.7 Å². The summed E-state index contributed by atoms with van der Waals surface area (Å²) in [6, 6.07) is 67.8. The Labute approximate surface area is 716 Å². The van der Waals surface area contributed by atoms with Crippen LogP contribution < -0.4 is 47.6 Å². The van der Waals surface area contributed by atoms with Gasteiger partial charge in [-0.1, -0.05) is 126 Å². The van der Waals surface area contributed by atoms with Gasteiger partial charge in [0.05, 0.1) is 62.7 Å². The van der Waals surface area contributed by atoms with Crippen LogP contribution in [0.2, 0.25) is 10.3 Å². The summed E-state index contributed by atoms with van der Waals surface area (Å²) in [5.74, 6) is 1.03. The Hall–Kier alpha value is -14.8. The maximum Gasteiger partial charge on any atom is 0.267 e. The smallest absolute Gasteiger partial charge is 0.267 e. The molecule has 0 saturated heterocycles. The Bertz CT molecular complexity index is 6360. The van der Waals surface area contributed by atoms with Crippen LogP contribution in [-0.2, 0) is 38.5 Å². The van der Waals surface area contributed by atoms with Gasteiger partial charge in [0.15, 0.2) is 0 Å². The third kappa shape index (κ3) is 21.5. The molecule has 2 unspecified atom stereocenters. The zero-order valence-electron chi connectivity index (χ0n) is 67.4. The van der Waals surface area contributed by atoms with Crippen molar-refractivity contribution in [2.75, 3.05) is 34.2 Å². The van der Waals surface area contributed by atoms with Gasteiger partial charge in [-0.3, -0.25) is 19.2 Å². The van der Waals surface area contributed by atoms with Crippen molar-refractivity contribution in [2.24, 2.45) is 22.9 Å². The summed E-state index contributed by atoms with van der Waals surface area (Å²) >= 11 is 11.7. The molecule has 0 spiro atoms. The number of aliphatic hydroxyl groups excluding tert-OH is 2. The molecule has 16 aromatic rings. The number of benzene rings is 8. The van der Waals surface area contributed by atoms with Crippen LogP contribution in [0.25, 0.3) is 88.1 Å². The minimum atomic E-state index is -0.768. The second kappa shape index (κ2) is 39.4.